The summed E-state index contributed by atoms with van der Waals surface area (Å²) < 4.78 is 52.6. The number of aliphatic carboxylic acids is 1. The maximum absolute atomic E-state index is 13.5. The normalized spacial score (nSPS) is 37.3. The topological polar surface area (TPSA) is 189 Å². The molecule has 7 heterocycles. The van der Waals surface area contributed by atoms with Gasteiger partial charge in [-0.3, -0.25) is 4.79 Å². The highest BCUT2D eigenvalue weighted by Crippen LogP contribution is 2.48. The molecule has 6 saturated heterocycles. The third-order valence-corrected chi connectivity index (χ3v) is 18.1. The largest absolute Gasteiger partial charge is 0.479 e. The Labute approximate surface area is 450 Å². The van der Waals surface area contributed by atoms with Crippen molar-refractivity contribution in [2.75, 3.05) is 6.61 Å². The van der Waals surface area contributed by atoms with Gasteiger partial charge in [-0.25, -0.2) is 4.79 Å². The number of ether oxygens (including phenoxy) is 8. The Kier molecular flexibility index (Phi) is 22.4. The highest BCUT2D eigenvalue weighted by atomic mass is 16.7. The van der Waals surface area contributed by atoms with Crippen LogP contribution in [0, 0.1) is 17.8 Å². The Morgan fingerprint density at radius 3 is 2.21 bits per heavy atom. The van der Waals surface area contributed by atoms with E-state index in [1.54, 1.807) is 0 Å². The first kappa shape index (κ1) is 60.4. The summed E-state index contributed by atoms with van der Waals surface area (Å²) in [6.45, 7) is 16.9. The summed E-state index contributed by atoms with van der Waals surface area (Å²) in [5, 5.41) is 43.9. The Morgan fingerprint density at radius 2 is 1.53 bits per heavy atom. The van der Waals surface area contributed by atoms with Crippen molar-refractivity contribution in [3.63, 3.8) is 0 Å². The van der Waals surface area contributed by atoms with Crippen LogP contribution in [0.5, 0.6) is 0 Å². The van der Waals surface area contributed by atoms with Gasteiger partial charge in [0.1, 0.15) is 18.3 Å². The predicted octanol–water partition coefficient (Wildman–Crippen LogP) is 11.6. The number of esters is 1. The number of carboxylic acid groups (broad SMARTS) is 1. The lowest BCUT2D eigenvalue weighted by Crippen LogP contribution is -2.60. The lowest BCUT2D eigenvalue weighted by Gasteiger charge is -2.50. The molecular formula is C61H100O14. The first-order valence-electron chi connectivity index (χ1n) is 30.1. The zero-order chi connectivity index (χ0) is 53.8. The zero-order valence-corrected chi connectivity index (χ0v) is 47.0. The number of aliphatic hydroxyl groups excluding tert-OH is 2. The molecular weight excluding hydrogens is 957 g/mol. The fraction of sp³-hybridized carbons (Fsp3) is 0.869. The van der Waals surface area contributed by atoms with Crippen molar-refractivity contribution in [1.29, 1.82) is 0 Å². The highest BCUT2D eigenvalue weighted by molar-refractivity contribution is 5.76. The molecule has 0 radical (unpaired) electrons. The van der Waals surface area contributed by atoms with E-state index in [1.807, 2.05) is 13.0 Å². The minimum absolute atomic E-state index is 0.0361. The molecule has 7 aliphatic rings. The summed E-state index contributed by atoms with van der Waals surface area (Å²) in [7, 11) is 0. The van der Waals surface area contributed by atoms with E-state index in [1.165, 1.54) is 77.6 Å². The average molecular weight is 1060 g/mol. The molecule has 3 spiro atoms. The van der Waals surface area contributed by atoms with Crippen LogP contribution in [0.15, 0.2) is 36.0 Å². The Hall–Kier alpha value is -2.24. The van der Waals surface area contributed by atoms with Crippen LogP contribution in [-0.4, -0.2) is 123 Å². The SMILES string of the molecule is C=C1[C@@H](O)[C@@H]2O[C@]3(CC[C@H](C=C[C@@H](C)[C@@H]4CC(C)=C[C@@]5(O[C@H](C[C@@](C)(O)C(=O)O)CC[C@H]5OC(=O)CCCCCCCCCCCCCCCC)O4)O3)CC[C@H]2O[C@@H]1[C@@H](O)C[C@H](C)[C@@H]1CCC[C@@]2(OCCC[C@H]2C)O1. The molecule has 14 heteroatoms. The van der Waals surface area contributed by atoms with Gasteiger partial charge in [0.15, 0.2) is 23.3 Å². The van der Waals surface area contributed by atoms with Gasteiger partial charge < -0.3 is 58.3 Å². The Morgan fingerprint density at radius 1 is 0.853 bits per heavy atom. The summed E-state index contributed by atoms with van der Waals surface area (Å²) >= 11 is 0. The van der Waals surface area contributed by atoms with Crippen LogP contribution in [0.25, 0.3) is 0 Å². The number of aliphatic hydroxyl groups is 3. The van der Waals surface area contributed by atoms with Crippen LogP contribution in [0.2, 0.25) is 0 Å². The third-order valence-electron chi connectivity index (χ3n) is 18.1. The number of carboxylic acids is 1. The maximum atomic E-state index is 13.5. The van der Waals surface area contributed by atoms with E-state index in [9.17, 15) is 30.0 Å². The molecule has 0 aliphatic carbocycles. The standard InChI is InChI=1S/C61H100O14/c1-8-9-10-11-12-13-14-15-16-17-18-19-20-21-26-53(63)70-52-30-29-47(40-58(7,67)57(65)66)72-61(52)39-41(2)37-51(74-61)42(3)27-28-46-31-34-59(71-46)35-32-50-56(75-59)54(64)45(6)55(69-50)48(62)38-43(4)49-25-22-33-60(73-49)44(5)24-23-36-68-60/h27-28,39,42-44,46-52,54-56,62,64,67H,6,8-26,29-38,40H2,1-5,7H3,(H,65,66)/t42-,43+,44-,46+,47+,48+,49+,50-,51+,52-,54-,55+,56-,58-,59-,60-,61-/m1/s1. The molecule has 4 N–H and O–H groups in total. The summed E-state index contributed by atoms with van der Waals surface area (Å²) in [6, 6.07) is 0. The number of unbranched alkanes of at least 4 members (excludes halogenated alkanes) is 13. The second-order valence-corrected chi connectivity index (χ2v) is 24.6. The summed E-state index contributed by atoms with van der Waals surface area (Å²) in [6.07, 6.45) is 27.0. The van der Waals surface area contributed by atoms with Gasteiger partial charge >= 0.3 is 11.9 Å². The van der Waals surface area contributed by atoms with Gasteiger partial charge in [0.2, 0.25) is 5.79 Å². The maximum Gasteiger partial charge on any atom is 0.335 e. The van der Waals surface area contributed by atoms with E-state index in [0.717, 1.165) is 63.5 Å². The number of rotatable bonds is 26. The van der Waals surface area contributed by atoms with Crippen LogP contribution in [-0.2, 0) is 47.5 Å². The summed E-state index contributed by atoms with van der Waals surface area (Å²) in [5.74, 6) is -4.26. The quantitative estimate of drug-likeness (QED) is 0.0364. The third kappa shape index (κ3) is 16.0. The van der Waals surface area contributed by atoms with Crippen LogP contribution in [0.4, 0.5) is 0 Å². The molecule has 75 heavy (non-hydrogen) atoms. The van der Waals surface area contributed by atoms with E-state index < -0.39 is 71.7 Å². The molecule has 0 unspecified atom stereocenters. The fourth-order valence-electron chi connectivity index (χ4n) is 13.3. The van der Waals surface area contributed by atoms with Crippen molar-refractivity contribution in [2.24, 2.45) is 17.8 Å². The van der Waals surface area contributed by atoms with Gasteiger partial charge in [0.25, 0.3) is 0 Å². The molecule has 0 amide bonds. The van der Waals surface area contributed by atoms with Crippen molar-refractivity contribution < 1.29 is 67.9 Å². The summed E-state index contributed by atoms with van der Waals surface area (Å²) in [5.41, 5.74) is -0.591. The van der Waals surface area contributed by atoms with Gasteiger partial charge in [-0.05, 0) is 102 Å². The Balaban J connectivity index is 0.887. The van der Waals surface area contributed by atoms with Gasteiger partial charge in [0, 0.05) is 43.9 Å². The molecule has 0 aromatic carbocycles. The van der Waals surface area contributed by atoms with Crippen LogP contribution in [0.3, 0.4) is 0 Å². The number of hydrogen-bond donors (Lipinski definition) is 4. The van der Waals surface area contributed by atoms with Gasteiger partial charge in [-0.2, -0.15) is 0 Å². The Bertz CT molecular complexity index is 1880. The minimum atomic E-state index is -2.01. The molecule has 7 aliphatic heterocycles. The average Bonchev–Trinajstić information content (AvgIpc) is 3.77. The van der Waals surface area contributed by atoms with Crippen molar-refractivity contribution in [1.82, 2.24) is 0 Å². The van der Waals surface area contributed by atoms with Crippen molar-refractivity contribution in [2.45, 2.75) is 312 Å². The lowest BCUT2D eigenvalue weighted by molar-refractivity contribution is -0.326. The molecule has 0 aromatic heterocycles. The van der Waals surface area contributed by atoms with E-state index >= 15 is 0 Å². The molecule has 0 bridgehead atoms. The number of hydrogen-bond acceptors (Lipinski definition) is 13. The van der Waals surface area contributed by atoms with Crippen molar-refractivity contribution in [3.8, 4) is 0 Å². The smallest absolute Gasteiger partial charge is 0.335 e. The first-order chi connectivity index (χ1) is 35.9. The van der Waals surface area contributed by atoms with Crippen LogP contribution < -0.4 is 0 Å². The molecule has 17 atom stereocenters. The second-order valence-electron chi connectivity index (χ2n) is 24.6. The van der Waals surface area contributed by atoms with Gasteiger partial charge in [-0.15, -0.1) is 0 Å². The number of carbonyl (C=O) groups is 2. The van der Waals surface area contributed by atoms with Crippen molar-refractivity contribution in [3.05, 3.63) is 36.0 Å². The predicted molar refractivity (Wildman–Crippen MR) is 286 cm³/mol. The number of carbonyl (C=O) groups excluding carboxylic acids is 1. The van der Waals surface area contributed by atoms with E-state index in [2.05, 4.69) is 46.4 Å². The van der Waals surface area contributed by atoms with E-state index in [4.69, 9.17) is 37.9 Å². The van der Waals surface area contributed by atoms with E-state index in [0.29, 0.717) is 69.3 Å². The zero-order valence-electron chi connectivity index (χ0n) is 47.0. The van der Waals surface area contributed by atoms with Crippen LogP contribution in [0.1, 0.15) is 228 Å². The van der Waals surface area contributed by atoms with Gasteiger partial charge in [-0.1, -0.05) is 135 Å². The molecule has 0 aromatic rings. The number of fused-ring (bicyclic) bond motifs is 1. The highest BCUT2D eigenvalue weighted by Gasteiger charge is 2.55. The monoisotopic (exact) mass is 1060 g/mol. The first-order valence-corrected chi connectivity index (χ1v) is 30.1. The van der Waals surface area contributed by atoms with Gasteiger partial charge in [0.05, 0.1) is 43.2 Å². The lowest BCUT2D eigenvalue weighted by atomic mass is 9.81. The molecule has 14 nitrogen and oxygen atoms in total. The van der Waals surface area contributed by atoms with E-state index in [-0.39, 0.29) is 42.5 Å². The molecule has 7 rings (SSSR count). The van der Waals surface area contributed by atoms with Crippen molar-refractivity contribution >= 4 is 11.9 Å². The second kappa shape index (κ2) is 27.8. The summed E-state index contributed by atoms with van der Waals surface area (Å²) in [4.78, 5) is 25.4. The molecule has 0 saturated carbocycles. The molecule has 6 fully saturated rings. The minimum Gasteiger partial charge on any atom is -0.479 e. The fourth-order valence-corrected chi connectivity index (χ4v) is 13.3. The van der Waals surface area contributed by atoms with Crippen LogP contribution >= 0.6 is 0 Å². The molecule has 428 valence electrons.